The lowest BCUT2D eigenvalue weighted by Gasteiger charge is -2.27. The molecule has 5 nitrogen and oxygen atoms in total. The molecule has 1 saturated heterocycles. The minimum absolute atomic E-state index is 0.175. The largest absolute Gasteiger partial charge is 0.416 e. The van der Waals surface area contributed by atoms with E-state index >= 15 is 0 Å². The van der Waals surface area contributed by atoms with E-state index in [4.69, 9.17) is 46.4 Å². The molecule has 1 heterocycles. The Labute approximate surface area is 225 Å². The Kier molecular flexibility index (Phi) is 8.14. The van der Waals surface area contributed by atoms with Gasteiger partial charge in [0.15, 0.2) is 0 Å². The van der Waals surface area contributed by atoms with Gasteiger partial charge in [-0.05, 0) is 60.0 Å². The quantitative estimate of drug-likeness (QED) is 0.289. The smallest absolute Gasteiger partial charge is 0.257 e. The number of alkyl halides is 3. The zero-order valence-electron chi connectivity index (χ0n) is 18.1. The number of halogens is 7. The normalized spacial score (nSPS) is 17.4. The molecular weight excluding hydrogens is 581 g/mol. The topological polar surface area (TPSA) is 70.2 Å². The summed E-state index contributed by atoms with van der Waals surface area (Å²) in [5.41, 5.74) is 6.43. The molecule has 3 aromatic carbocycles. The maximum Gasteiger partial charge on any atom is 0.416 e. The number of nitrogens with one attached hydrogen (secondary N) is 3. The van der Waals surface area contributed by atoms with Gasteiger partial charge in [-0.2, -0.15) is 13.2 Å². The van der Waals surface area contributed by atoms with Gasteiger partial charge in [-0.3, -0.25) is 10.9 Å². The molecule has 13 heteroatoms. The van der Waals surface area contributed by atoms with Gasteiger partial charge < -0.3 is 0 Å². The molecule has 1 fully saturated rings. The second kappa shape index (κ2) is 10.7. The van der Waals surface area contributed by atoms with E-state index in [-0.39, 0.29) is 10.0 Å². The first-order valence-corrected chi connectivity index (χ1v) is 13.5. The standard InChI is InChI=1S/C23H18Cl4F3N3O2S/c24-14-4-1-12(2-5-14)15-10-16(19(27)11-18(15)26)22(20-7-8-31-32-20)33-36(34,35)21-9-13(23(28,29)30)3-6-17(21)25/h1-6,9-11,20,22,31-33H,7-8H2. The fourth-order valence-electron chi connectivity index (χ4n) is 3.89. The van der Waals surface area contributed by atoms with Crippen molar-refractivity contribution < 1.29 is 21.6 Å². The van der Waals surface area contributed by atoms with E-state index in [9.17, 15) is 21.6 Å². The van der Waals surface area contributed by atoms with Crippen molar-refractivity contribution >= 4 is 56.4 Å². The lowest BCUT2D eigenvalue weighted by molar-refractivity contribution is -0.137. The zero-order chi connectivity index (χ0) is 26.3. The van der Waals surface area contributed by atoms with Crippen molar-refractivity contribution in [3.63, 3.8) is 0 Å². The average molecular weight is 599 g/mol. The third-order valence-electron chi connectivity index (χ3n) is 5.68. The highest BCUT2D eigenvalue weighted by molar-refractivity contribution is 7.89. The Bertz CT molecular complexity index is 1380. The summed E-state index contributed by atoms with van der Waals surface area (Å²) in [4.78, 5) is -0.696. The molecule has 4 rings (SSSR count). The van der Waals surface area contributed by atoms with E-state index in [0.29, 0.717) is 45.8 Å². The molecule has 0 saturated carbocycles. The summed E-state index contributed by atoms with van der Waals surface area (Å²) in [6, 6.07) is 10.7. The molecule has 0 amide bonds. The van der Waals surface area contributed by atoms with Gasteiger partial charge in [-0.15, -0.1) is 0 Å². The molecule has 0 spiro atoms. The minimum Gasteiger partial charge on any atom is -0.257 e. The van der Waals surface area contributed by atoms with Crippen LogP contribution in [0.2, 0.25) is 20.1 Å². The van der Waals surface area contributed by atoms with Gasteiger partial charge in [0.25, 0.3) is 0 Å². The van der Waals surface area contributed by atoms with E-state index < -0.39 is 38.7 Å². The third kappa shape index (κ3) is 5.95. The maximum absolute atomic E-state index is 13.3. The van der Waals surface area contributed by atoms with Crippen LogP contribution in [0.15, 0.2) is 59.5 Å². The summed E-state index contributed by atoms with van der Waals surface area (Å²) in [5.74, 6) is 0. The second-order valence-electron chi connectivity index (χ2n) is 8.07. The Morgan fingerprint density at radius 2 is 1.61 bits per heavy atom. The minimum atomic E-state index is -4.75. The molecule has 3 aromatic rings. The number of sulfonamides is 1. The fourth-order valence-corrected chi connectivity index (χ4v) is 6.40. The number of benzene rings is 3. The molecular formula is C23H18Cl4F3N3O2S. The Morgan fingerprint density at radius 1 is 0.917 bits per heavy atom. The summed E-state index contributed by atoms with van der Waals surface area (Å²) < 4.78 is 69.0. The van der Waals surface area contributed by atoms with Crippen LogP contribution in [0, 0.1) is 0 Å². The predicted octanol–water partition coefficient (Wildman–Crippen LogP) is 6.87. The molecule has 0 aliphatic carbocycles. The predicted molar refractivity (Wildman–Crippen MR) is 136 cm³/mol. The average Bonchev–Trinajstić information content (AvgIpc) is 3.33. The first-order valence-electron chi connectivity index (χ1n) is 10.5. The zero-order valence-corrected chi connectivity index (χ0v) is 22.0. The Morgan fingerprint density at radius 3 is 2.22 bits per heavy atom. The van der Waals surface area contributed by atoms with Gasteiger partial charge in [0.1, 0.15) is 4.90 Å². The number of hydrogen-bond donors (Lipinski definition) is 3. The highest BCUT2D eigenvalue weighted by atomic mass is 35.5. The highest BCUT2D eigenvalue weighted by Gasteiger charge is 2.36. The molecule has 2 unspecified atom stereocenters. The summed E-state index contributed by atoms with van der Waals surface area (Å²) in [7, 11) is -4.53. The lowest BCUT2D eigenvalue weighted by Crippen LogP contribution is -2.43. The highest BCUT2D eigenvalue weighted by Crippen LogP contribution is 2.39. The molecule has 0 radical (unpaired) electrons. The van der Waals surface area contributed by atoms with Crippen LogP contribution in [0.25, 0.3) is 11.1 Å². The van der Waals surface area contributed by atoms with Crippen LogP contribution in [0.1, 0.15) is 23.6 Å². The van der Waals surface area contributed by atoms with Gasteiger partial charge in [0.2, 0.25) is 10.0 Å². The van der Waals surface area contributed by atoms with Gasteiger partial charge in [0.05, 0.1) is 16.6 Å². The molecule has 0 bridgehead atoms. The van der Waals surface area contributed by atoms with Crippen LogP contribution in [-0.4, -0.2) is 21.0 Å². The van der Waals surface area contributed by atoms with Crippen LogP contribution in [0.3, 0.4) is 0 Å². The van der Waals surface area contributed by atoms with Gasteiger partial charge in [0, 0.05) is 33.2 Å². The molecule has 192 valence electrons. The second-order valence-corrected chi connectivity index (χ2v) is 11.4. The summed E-state index contributed by atoms with van der Waals surface area (Å²) in [6.45, 7) is 0.530. The van der Waals surface area contributed by atoms with E-state index in [1.54, 1.807) is 30.3 Å². The summed E-state index contributed by atoms with van der Waals surface area (Å²) in [6.07, 6.45) is -4.25. The van der Waals surface area contributed by atoms with Crippen molar-refractivity contribution in [1.29, 1.82) is 0 Å². The summed E-state index contributed by atoms with van der Waals surface area (Å²) in [5, 5.41) is 0.671. The molecule has 36 heavy (non-hydrogen) atoms. The number of rotatable bonds is 6. The van der Waals surface area contributed by atoms with E-state index in [2.05, 4.69) is 15.6 Å². The van der Waals surface area contributed by atoms with Gasteiger partial charge in [-0.25, -0.2) is 13.1 Å². The van der Waals surface area contributed by atoms with E-state index in [1.807, 2.05) is 0 Å². The van der Waals surface area contributed by atoms with Crippen molar-refractivity contribution in [2.45, 2.75) is 29.6 Å². The third-order valence-corrected chi connectivity index (χ3v) is 8.49. The molecule has 1 aliphatic rings. The van der Waals surface area contributed by atoms with Crippen LogP contribution in [0.5, 0.6) is 0 Å². The van der Waals surface area contributed by atoms with Crippen LogP contribution in [-0.2, 0) is 16.2 Å². The van der Waals surface area contributed by atoms with Gasteiger partial charge in [-0.1, -0.05) is 58.5 Å². The number of hydrogen-bond acceptors (Lipinski definition) is 4. The van der Waals surface area contributed by atoms with Crippen molar-refractivity contribution in [1.82, 2.24) is 15.6 Å². The summed E-state index contributed by atoms with van der Waals surface area (Å²) >= 11 is 25.0. The molecule has 3 N–H and O–H groups in total. The molecule has 0 aromatic heterocycles. The first-order chi connectivity index (χ1) is 16.9. The van der Waals surface area contributed by atoms with Crippen molar-refractivity contribution in [2.75, 3.05) is 6.54 Å². The van der Waals surface area contributed by atoms with Crippen molar-refractivity contribution in [3.05, 3.63) is 85.8 Å². The Balaban J connectivity index is 1.80. The first kappa shape index (κ1) is 27.5. The van der Waals surface area contributed by atoms with Crippen LogP contribution >= 0.6 is 46.4 Å². The fraction of sp³-hybridized carbons (Fsp3) is 0.217. The van der Waals surface area contributed by atoms with E-state index in [1.165, 1.54) is 6.07 Å². The number of hydrazine groups is 1. The Hall–Kier alpha value is -1.56. The van der Waals surface area contributed by atoms with Crippen molar-refractivity contribution in [2.24, 2.45) is 0 Å². The maximum atomic E-state index is 13.3. The van der Waals surface area contributed by atoms with Crippen LogP contribution in [0.4, 0.5) is 13.2 Å². The van der Waals surface area contributed by atoms with E-state index in [0.717, 1.165) is 12.1 Å². The SMILES string of the molecule is O=S(=O)(NC(c1cc(-c2ccc(Cl)cc2)c(Cl)cc1Cl)C1CCNN1)c1cc(C(F)(F)F)ccc1Cl. The molecule has 2 atom stereocenters. The van der Waals surface area contributed by atoms with Gasteiger partial charge >= 0.3 is 6.18 Å². The molecule has 1 aliphatic heterocycles. The lowest BCUT2D eigenvalue weighted by atomic mass is 9.95. The van der Waals surface area contributed by atoms with Crippen LogP contribution < -0.4 is 15.6 Å². The monoisotopic (exact) mass is 597 g/mol. The van der Waals surface area contributed by atoms with Crippen molar-refractivity contribution in [3.8, 4) is 11.1 Å².